The molecule has 1 rings (SSSR count). The first-order chi connectivity index (χ1) is 6.88. The standard InChI is InChI=1S/C13H17N/c1-2-12(8-6-7-11-14)13-9-4-3-5-10-13/h2-5,7,9-11H,6,8,14H2,1H3/b11-7+,12-2+. The quantitative estimate of drug-likeness (QED) is 0.768. The average Bonchev–Trinajstić information content (AvgIpc) is 2.26. The van der Waals surface area contributed by atoms with Crippen LogP contribution >= 0.6 is 0 Å². The van der Waals surface area contributed by atoms with Crippen molar-refractivity contribution in [2.75, 3.05) is 0 Å². The smallest absolute Gasteiger partial charge is 0.0103 e. The number of allylic oxidation sites excluding steroid dienone is 3. The Morgan fingerprint density at radius 1 is 1.29 bits per heavy atom. The van der Waals surface area contributed by atoms with E-state index < -0.39 is 0 Å². The molecule has 1 aromatic rings. The molecule has 0 amide bonds. The summed E-state index contributed by atoms with van der Waals surface area (Å²) in [6.45, 7) is 2.08. The molecule has 0 spiro atoms. The van der Waals surface area contributed by atoms with Gasteiger partial charge in [0.15, 0.2) is 0 Å². The van der Waals surface area contributed by atoms with Crippen molar-refractivity contribution in [2.24, 2.45) is 5.73 Å². The average molecular weight is 187 g/mol. The molecule has 0 aliphatic carbocycles. The van der Waals surface area contributed by atoms with Crippen molar-refractivity contribution in [3.63, 3.8) is 0 Å². The van der Waals surface area contributed by atoms with Crippen molar-refractivity contribution >= 4 is 5.57 Å². The van der Waals surface area contributed by atoms with Crippen molar-refractivity contribution in [3.8, 4) is 0 Å². The van der Waals surface area contributed by atoms with E-state index >= 15 is 0 Å². The number of benzene rings is 1. The molecular formula is C13H17N. The Kier molecular flexibility index (Phi) is 4.56. The zero-order valence-corrected chi connectivity index (χ0v) is 8.61. The van der Waals surface area contributed by atoms with Crippen molar-refractivity contribution in [3.05, 3.63) is 54.2 Å². The molecule has 0 aromatic heterocycles. The molecule has 0 atom stereocenters. The molecule has 74 valence electrons. The highest BCUT2D eigenvalue weighted by molar-refractivity contribution is 5.65. The van der Waals surface area contributed by atoms with E-state index in [4.69, 9.17) is 5.73 Å². The SMILES string of the molecule is C/C=C(\CC/C=C/N)c1ccccc1. The predicted molar refractivity (Wildman–Crippen MR) is 62.7 cm³/mol. The minimum absolute atomic E-state index is 1.01. The summed E-state index contributed by atoms with van der Waals surface area (Å²) in [5, 5.41) is 0. The molecular weight excluding hydrogens is 170 g/mol. The zero-order chi connectivity index (χ0) is 10.2. The monoisotopic (exact) mass is 187 g/mol. The lowest BCUT2D eigenvalue weighted by Gasteiger charge is -2.04. The van der Waals surface area contributed by atoms with E-state index in [1.165, 1.54) is 11.1 Å². The number of hydrogen-bond acceptors (Lipinski definition) is 1. The molecule has 0 aliphatic heterocycles. The number of nitrogens with two attached hydrogens (primary N) is 1. The van der Waals surface area contributed by atoms with Gasteiger partial charge in [0, 0.05) is 0 Å². The molecule has 1 heteroatoms. The zero-order valence-electron chi connectivity index (χ0n) is 8.61. The van der Waals surface area contributed by atoms with Gasteiger partial charge >= 0.3 is 0 Å². The highest BCUT2D eigenvalue weighted by Gasteiger charge is 1.97. The van der Waals surface area contributed by atoms with E-state index in [1.807, 2.05) is 12.1 Å². The third-order valence-corrected chi connectivity index (χ3v) is 2.21. The van der Waals surface area contributed by atoms with Crippen LogP contribution in [0.1, 0.15) is 25.3 Å². The second-order valence-corrected chi connectivity index (χ2v) is 3.15. The highest BCUT2D eigenvalue weighted by atomic mass is 14.5. The summed E-state index contributed by atoms with van der Waals surface area (Å²) in [5.74, 6) is 0. The lowest BCUT2D eigenvalue weighted by atomic mass is 10.0. The summed E-state index contributed by atoms with van der Waals surface area (Å²) in [6.07, 6.45) is 7.82. The van der Waals surface area contributed by atoms with E-state index in [0.717, 1.165) is 12.8 Å². The van der Waals surface area contributed by atoms with Gasteiger partial charge in [-0.15, -0.1) is 0 Å². The van der Waals surface area contributed by atoms with E-state index in [9.17, 15) is 0 Å². The maximum absolute atomic E-state index is 5.29. The molecule has 0 saturated heterocycles. The van der Waals surface area contributed by atoms with Gasteiger partial charge in [0.2, 0.25) is 0 Å². The fourth-order valence-corrected chi connectivity index (χ4v) is 1.44. The minimum Gasteiger partial charge on any atom is -0.405 e. The van der Waals surface area contributed by atoms with Crippen molar-refractivity contribution in [1.29, 1.82) is 0 Å². The second-order valence-electron chi connectivity index (χ2n) is 3.15. The van der Waals surface area contributed by atoms with Gasteiger partial charge in [-0.2, -0.15) is 0 Å². The fourth-order valence-electron chi connectivity index (χ4n) is 1.44. The molecule has 0 aliphatic rings. The first-order valence-electron chi connectivity index (χ1n) is 4.96. The van der Waals surface area contributed by atoms with Crippen LogP contribution in [-0.4, -0.2) is 0 Å². The third kappa shape index (κ3) is 3.09. The summed E-state index contributed by atoms with van der Waals surface area (Å²) in [7, 11) is 0. The van der Waals surface area contributed by atoms with Gasteiger partial charge in [0.05, 0.1) is 0 Å². The lowest BCUT2D eigenvalue weighted by Crippen LogP contribution is -1.84. The Hall–Kier alpha value is -1.50. The maximum Gasteiger partial charge on any atom is -0.0103 e. The van der Waals surface area contributed by atoms with Gasteiger partial charge in [0.25, 0.3) is 0 Å². The number of rotatable bonds is 4. The van der Waals surface area contributed by atoms with Gasteiger partial charge in [-0.1, -0.05) is 42.5 Å². The van der Waals surface area contributed by atoms with Crippen LogP contribution in [-0.2, 0) is 0 Å². The van der Waals surface area contributed by atoms with E-state index in [0.29, 0.717) is 0 Å². The molecule has 0 heterocycles. The first kappa shape index (κ1) is 10.6. The van der Waals surface area contributed by atoms with Gasteiger partial charge in [-0.05, 0) is 37.1 Å². The van der Waals surface area contributed by atoms with E-state index in [-0.39, 0.29) is 0 Å². The molecule has 0 radical (unpaired) electrons. The molecule has 2 N–H and O–H groups in total. The molecule has 0 unspecified atom stereocenters. The fraction of sp³-hybridized carbons (Fsp3) is 0.231. The minimum atomic E-state index is 1.01. The first-order valence-corrected chi connectivity index (χ1v) is 4.96. The van der Waals surface area contributed by atoms with E-state index in [2.05, 4.69) is 37.3 Å². The van der Waals surface area contributed by atoms with E-state index in [1.54, 1.807) is 6.20 Å². The second kappa shape index (κ2) is 6.03. The van der Waals surface area contributed by atoms with Gasteiger partial charge in [0.1, 0.15) is 0 Å². The molecule has 1 aromatic carbocycles. The summed E-state index contributed by atoms with van der Waals surface area (Å²) >= 11 is 0. The molecule has 0 fully saturated rings. The van der Waals surface area contributed by atoms with Crippen LogP contribution in [0.15, 0.2) is 48.7 Å². The van der Waals surface area contributed by atoms with Crippen molar-refractivity contribution < 1.29 is 0 Å². The van der Waals surface area contributed by atoms with Crippen molar-refractivity contribution in [2.45, 2.75) is 19.8 Å². The Balaban J connectivity index is 2.65. The maximum atomic E-state index is 5.29. The Morgan fingerprint density at radius 2 is 2.00 bits per heavy atom. The van der Waals surface area contributed by atoms with Crippen LogP contribution in [0.4, 0.5) is 0 Å². The summed E-state index contributed by atoms with van der Waals surface area (Å²) in [6, 6.07) is 10.5. The highest BCUT2D eigenvalue weighted by Crippen LogP contribution is 2.19. The van der Waals surface area contributed by atoms with Crippen molar-refractivity contribution in [1.82, 2.24) is 0 Å². The largest absolute Gasteiger partial charge is 0.405 e. The van der Waals surface area contributed by atoms with Gasteiger partial charge in [-0.3, -0.25) is 0 Å². The number of hydrogen-bond donors (Lipinski definition) is 1. The van der Waals surface area contributed by atoms with Crippen LogP contribution < -0.4 is 5.73 Å². The summed E-state index contributed by atoms with van der Waals surface area (Å²) in [4.78, 5) is 0. The normalized spacial score (nSPS) is 12.2. The molecule has 0 saturated carbocycles. The lowest BCUT2D eigenvalue weighted by molar-refractivity contribution is 1.06. The van der Waals surface area contributed by atoms with Gasteiger partial charge in [-0.25, -0.2) is 0 Å². The summed E-state index contributed by atoms with van der Waals surface area (Å²) in [5.41, 5.74) is 7.98. The van der Waals surface area contributed by atoms with Crippen LogP contribution in [0, 0.1) is 0 Å². The third-order valence-electron chi connectivity index (χ3n) is 2.21. The Bertz CT molecular complexity index is 309. The van der Waals surface area contributed by atoms with Crippen LogP contribution in [0.3, 0.4) is 0 Å². The predicted octanol–water partition coefficient (Wildman–Crippen LogP) is 3.34. The molecule has 1 nitrogen and oxygen atoms in total. The van der Waals surface area contributed by atoms with Crippen LogP contribution in [0.25, 0.3) is 5.57 Å². The van der Waals surface area contributed by atoms with Crippen LogP contribution in [0.2, 0.25) is 0 Å². The van der Waals surface area contributed by atoms with Crippen LogP contribution in [0.5, 0.6) is 0 Å². The summed E-state index contributed by atoms with van der Waals surface area (Å²) < 4.78 is 0. The topological polar surface area (TPSA) is 26.0 Å². The van der Waals surface area contributed by atoms with Gasteiger partial charge < -0.3 is 5.73 Å². The molecule has 0 bridgehead atoms. The Labute approximate surface area is 85.9 Å². The Morgan fingerprint density at radius 3 is 2.57 bits per heavy atom. The molecule has 14 heavy (non-hydrogen) atoms.